The van der Waals surface area contributed by atoms with Crippen LogP contribution in [0.3, 0.4) is 0 Å². The molecular weight excluding hydrogens is 418 g/mol. The number of carbonyl (C=O) groups excluding carboxylic acids is 3. The van der Waals surface area contributed by atoms with Crippen LogP contribution >= 0.6 is 0 Å². The zero-order valence-electron chi connectivity index (χ0n) is 18.6. The van der Waals surface area contributed by atoms with E-state index in [1.807, 2.05) is 42.6 Å². The van der Waals surface area contributed by atoms with Crippen LogP contribution in [0.15, 0.2) is 42.6 Å². The highest BCUT2D eigenvalue weighted by Gasteiger charge is 2.40. The van der Waals surface area contributed by atoms with Gasteiger partial charge in [0.05, 0.1) is 5.69 Å². The fourth-order valence-electron chi connectivity index (χ4n) is 5.23. The Bertz CT molecular complexity index is 1050. The molecule has 4 heterocycles. The lowest BCUT2D eigenvalue weighted by molar-refractivity contribution is -0.136. The predicted molar refractivity (Wildman–Crippen MR) is 122 cm³/mol. The number of piperidine rings is 2. The number of nitrogens with one attached hydrogen (secondary N) is 2. The summed E-state index contributed by atoms with van der Waals surface area (Å²) in [6.45, 7) is 3.75. The lowest BCUT2D eigenvalue weighted by atomic mass is 9.99. The average Bonchev–Trinajstić information content (AvgIpc) is 3.17. The van der Waals surface area contributed by atoms with Gasteiger partial charge in [0, 0.05) is 43.9 Å². The molecule has 2 saturated heterocycles. The number of hydrogen-bond acceptors (Lipinski definition) is 6. The van der Waals surface area contributed by atoms with E-state index in [4.69, 9.17) is 0 Å². The number of amides is 3. The molecule has 1 atom stereocenters. The van der Waals surface area contributed by atoms with E-state index in [9.17, 15) is 14.4 Å². The van der Waals surface area contributed by atoms with E-state index in [-0.39, 0.29) is 24.1 Å². The number of pyridine rings is 1. The van der Waals surface area contributed by atoms with Crippen LogP contribution < -0.4 is 10.6 Å². The molecular formula is C25H29N5O3. The molecule has 3 aliphatic rings. The summed E-state index contributed by atoms with van der Waals surface area (Å²) in [6.07, 6.45) is 4.56. The average molecular weight is 448 g/mol. The first-order valence-electron chi connectivity index (χ1n) is 11.7. The van der Waals surface area contributed by atoms with Gasteiger partial charge in [0.15, 0.2) is 0 Å². The maximum atomic E-state index is 13.5. The van der Waals surface area contributed by atoms with Crippen LogP contribution in [0, 0.1) is 0 Å². The number of aromatic nitrogens is 1. The van der Waals surface area contributed by atoms with E-state index in [0.29, 0.717) is 31.1 Å². The van der Waals surface area contributed by atoms with E-state index in [2.05, 4.69) is 20.5 Å². The summed E-state index contributed by atoms with van der Waals surface area (Å²) >= 11 is 0. The van der Waals surface area contributed by atoms with E-state index in [1.165, 1.54) is 0 Å². The number of carbonyl (C=O) groups is 3. The number of fused-ring (bicyclic) bond motifs is 1. The quantitative estimate of drug-likeness (QED) is 0.654. The fourth-order valence-corrected chi connectivity index (χ4v) is 5.23. The van der Waals surface area contributed by atoms with Gasteiger partial charge in [-0.3, -0.25) is 29.6 Å². The van der Waals surface area contributed by atoms with E-state index >= 15 is 0 Å². The zero-order chi connectivity index (χ0) is 22.8. The summed E-state index contributed by atoms with van der Waals surface area (Å²) in [5.41, 5.74) is 3.66. The summed E-state index contributed by atoms with van der Waals surface area (Å²) in [4.78, 5) is 46.0. The molecule has 2 N–H and O–H groups in total. The van der Waals surface area contributed by atoms with E-state index in [0.717, 1.165) is 49.3 Å². The van der Waals surface area contributed by atoms with Crippen LogP contribution in [0.25, 0.3) is 0 Å². The molecule has 0 spiro atoms. The molecule has 0 saturated carbocycles. The second-order valence-corrected chi connectivity index (χ2v) is 9.06. The molecule has 172 valence electrons. The number of nitrogens with zero attached hydrogens (tertiary/aromatic N) is 3. The van der Waals surface area contributed by atoms with Gasteiger partial charge in [0.25, 0.3) is 5.91 Å². The van der Waals surface area contributed by atoms with Crippen molar-refractivity contribution in [1.29, 1.82) is 0 Å². The molecule has 2 fully saturated rings. The van der Waals surface area contributed by atoms with Crippen LogP contribution in [0.4, 0.5) is 0 Å². The molecule has 0 aliphatic carbocycles. The largest absolute Gasteiger partial charge is 0.322 e. The molecule has 1 aromatic heterocycles. The Labute approximate surface area is 193 Å². The van der Waals surface area contributed by atoms with Crippen molar-refractivity contribution in [3.05, 3.63) is 65.0 Å². The molecule has 33 heavy (non-hydrogen) atoms. The van der Waals surface area contributed by atoms with Gasteiger partial charge in [-0.25, -0.2) is 0 Å². The van der Waals surface area contributed by atoms with Crippen molar-refractivity contribution < 1.29 is 14.4 Å². The Hall–Kier alpha value is -3.10. The number of rotatable bonds is 6. The van der Waals surface area contributed by atoms with Crippen LogP contribution in [-0.2, 0) is 29.2 Å². The first-order valence-corrected chi connectivity index (χ1v) is 11.7. The fraction of sp³-hybridized carbons (Fsp3) is 0.440. The van der Waals surface area contributed by atoms with Gasteiger partial charge >= 0.3 is 0 Å². The zero-order valence-corrected chi connectivity index (χ0v) is 18.6. The van der Waals surface area contributed by atoms with Gasteiger partial charge < -0.3 is 10.2 Å². The Balaban J connectivity index is 1.40. The smallest absolute Gasteiger partial charge is 0.255 e. The number of imide groups is 1. The van der Waals surface area contributed by atoms with Crippen molar-refractivity contribution in [2.75, 3.05) is 13.1 Å². The normalized spacial score (nSPS) is 21.4. The van der Waals surface area contributed by atoms with Gasteiger partial charge in [-0.2, -0.15) is 0 Å². The third kappa shape index (κ3) is 4.54. The maximum Gasteiger partial charge on any atom is 0.255 e. The topological polar surface area (TPSA) is 94.6 Å². The summed E-state index contributed by atoms with van der Waals surface area (Å²) in [7, 11) is 0. The number of benzene rings is 1. The molecule has 5 rings (SSSR count). The standard InChI is InChI=1S/C25H29N5O3/c31-22-8-7-21(24(32)28-22)30-15-18-5-3-4-17(23(18)25(30)33)14-29(20-9-12-26-13-10-20)16-19-6-1-2-11-27-19/h1-6,11,20-21,26H,7-10,12-16H2,(H,28,31,32). The second-order valence-electron chi connectivity index (χ2n) is 9.06. The highest BCUT2D eigenvalue weighted by molar-refractivity contribution is 6.06. The SMILES string of the molecule is O=C1CCC(N2Cc3cccc(CN(Cc4ccccn4)C4CCNCC4)c3C2=O)C(=O)N1. The van der Waals surface area contributed by atoms with Crippen molar-refractivity contribution in [2.45, 2.75) is 57.4 Å². The van der Waals surface area contributed by atoms with Crippen LogP contribution in [0.2, 0.25) is 0 Å². The molecule has 8 heteroatoms. The monoisotopic (exact) mass is 447 g/mol. The van der Waals surface area contributed by atoms with Gasteiger partial charge in [-0.15, -0.1) is 0 Å². The van der Waals surface area contributed by atoms with Crippen LogP contribution in [-0.4, -0.2) is 57.7 Å². The highest BCUT2D eigenvalue weighted by atomic mass is 16.2. The van der Waals surface area contributed by atoms with E-state index in [1.54, 1.807) is 4.90 Å². The molecule has 3 amide bonds. The molecule has 2 aromatic rings. The molecule has 3 aliphatic heterocycles. The Morgan fingerprint density at radius 3 is 2.61 bits per heavy atom. The Kier molecular flexibility index (Phi) is 6.20. The minimum atomic E-state index is -0.593. The van der Waals surface area contributed by atoms with Crippen molar-refractivity contribution in [3.63, 3.8) is 0 Å². The summed E-state index contributed by atoms with van der Waals surface area (Å²) in [6, 6.07) is 11.8. The third-order valence-electron chi connectivity index (χ3n) is 6.93. The van der Waals surface area contributed by atoms with Gasteiger partial charge in [-0.05, 0) is 55.6 Å². The maximum absolute atomic E-state index is 13.5. The Morgan fingerprint density at radius 2 is 1.85 bits per heavy atom. The molecule has 0 bridgehead atoms. The molecule has 1 aromatic carbocycles. The first-order chi connectivity index (χ1) is 16.1. The van der Waals surface area contributed by atoms with Gasteiger partial charge in [0.2, 0.25) is 11.8 Å². The molecule has 0 radical (unpaired) electrons. The van der Waals surface area contributed by atoms with Crippen molar-refractivity contribution in [2.24, 2.45) is 0 Å². The van der Waals surface area contributed by atoms with E-state index < -0.39 is 6.04 Å². The van der Waals surface area contributed by atoms with Crippen LogP contribution in [0.5, 0.6) is 0 Å². The second kappa shape index (κ2) is 9.41. The van der Waals surface area contributed by atoms with Gasteiger partial charge in [0.1, 0.15) is 6.04 Å². The minimum absolute atomic E-state index is 0.113. The predicted octanol–water partition coefficient (Wildman–Crippen LogP) is 1.60. The minimum Gasteiger partial charge on any atom is -0.322 e. The van der Waals surface area contributed by atoms with Crippen molar-refractivity contribution in [1.82, 2.24) is 25.4 Å². The lowest BCUT2D eigenvalue weighted by Gasteiger charge is -2.35. The summed E-state index contributed by atoms with van der Waals surface area (Å²) in [5.74, 6) is -0.758. The Morgan fingerprint density at radius 1 is 1.00 bits per heavy atom. The van der Waals surface area contributed by atoms with Crippen molar-refractivity contribution in [3.8, 4) is 0 Å². The van der Waals surface area contributed by atoms with Gasteiger partial charge in [-0.1, -0.05) is 24.3 Å². The molecule has 8 nitrogen and oxygen atoms in total. The van der Waals surface area contributed by atoms with Crippen LogP contribution in [0.1, 0.15) is 52.9 Å². The summed E-state index contributed by atoms with van der Waals surface area (Å²) < 4.78 is 0. The third-order valence-corrected chi connectivity index (χ3v) is 6.93. The van der Waals surface area contributed by atoms with Crippen molar-refractivity contribution >= 4 is 17.7 Å². The highest BCUT2D eigenvalue weighted by Crippen LogP contribution is 2.31. The molecule has 1 unspecified atom stereocenters. The lowest BCUT2D eigenvalue weighted by Crippen LogP contribution is -2.52. The number of hydrogen-bond donors (Lipinski definition) is 2. The summed E-state index contributed by atoms with van der Waals surface area (Å²) in [5, 5.41) is 5.81. The first kappa shape index (κ1) is 21.7.